The van der Waals surface area contributed by atoms with Crippen molar-refractivity contribution in [2.45, 2.75) is 31.8 Å². The highest BCUT2D eigenvalue weighted by Gasteiger charge is 2.37. The lowest BCUT2D eigenvalue weighted by Gasteiger charge is -2.29. The molecule has 19 heavy (non-hydrogen) atoms. The first-order valence-corrected chi connectivity index (χ1v) is 7.47. The van der Waals surface area contributed by atoms with Gasteiger partial charge in [0.2, 0.25) is 0 Å². The molecule has 100 valence electrons. The van der Waals surface area contributed by atoms with Gasteiger partial charge < -0.3 is 5.11 Å². The number of aliphatic hydroxyl groups is 1. The van der Waals surface area contributed by atoms with Crippen LogP contribution < -0.4 is 5.32 Å². The van der Waals surface area contributed by atoms with E-state index in [9.17, 15) is 5.11 Å². The summed E-state index contributed by atoms with van der Waals surface area (Å²) in [6.07, 6.45) is 1.98. The molecule has 1 aliphatic carbocycles. The van der Waals surface area contributed by atoms with Crippen LogP contribution in [0.2, 0.25) is 0 Å². The summed E-state index contributed by atoms with van der Waals surface area (Å²) in [5.74, 6) is 0. The first-order valence-electron chi connectivity index (χ1n) is 6.59. The highest BCUT2D eigenvalue weighted by Crippen LogP contribution is 2.36. The predicted octanol–water partition coefficient (Wildman–Crippen LogP) is 2.38. The maximum absolute atomic E-state index is 9.87. The number of aromatic nitrogens is 1. The van der Waals surface area contributed by atoms with E-state index in [1.165, 1.54) is 11.1 Å². The summed E-state index contributed by atoms with van der Waals surface area (Å²) in [6, 6.07) is 8.39. The highest BCUT2D eigenvalue weighted by atomic mass is 32.1. The van der Waals surface area contributed by atoms with Gasteiger partial charge in [-0.05, 0) is 30.9 Å². The van der Waals surface area contributed by atoms with Crippen LogP contribution in [-0.2, 0) is 18.5 Å². The normalized spacial score (nSPS) is 21.6. The van der Waals surface area contributed by atoms with Gasteiger partial charge in [-0.25, -0.2) is 4.98 Å². The Balaban J connectivity index is 1.81. The lowest BCUT2D eigenvalue weighted by molar-refractivity contribution is 0.159. The number of nitrogens with zero attached hydrogens (tertiary/aromatic N) is 1. The molecule has 1 aromatic carbocycles. The lowest BCUT2D eigenvalue weighted by Crippen LogP contribution is -2.43. The Labute approximate surface area is 117 Å². The van der Waals surface area contributed by atoms with Crippen LogP contribution in [0, 0.1) is 6.92 Å². The van der Waals surface area contributed by atoms with Crippen molar-refractivity contribution in [3.05, 3.63) is 51.5 Å². The third-order valence-electron chi connectivity index (χ3n) is 3.87. The van der Waals surface area contributed by atoms with Crippen molar-refractivity contribution < 1.29 is 5.11 Å². The van der Waals surface area contributed by atoms with E-state index in [1.54, 1.807) is 11.3 Å². The molecule has 1 unspecified atom stereocenters. The van der Waals surface area contributed by atoms with Crippen LogP contribution in [0.5, 0.6) is 0 Å². The first kappa shape index (κ1) is 12.8. The molecule has 0 saturated carbocycles. The van der Waals surface area contributed by atoms with Crippen LogP contribution in [-0.4, -0.2) is 16.7 Å². The molecule has 4 heteroatoms. The summed E-state index contributed by atoms with van der Waals surface area (Å²) in [4.78, 5) is 4.47. The smallest absolute Gasteiger partial charge is 0.107 e. The summed E-state index contributed by atoms with van der Waals surface area (Å²) in [5, 5.41) is 16.5. The largest absolute Gasteiger partial charge is 0.394 e. The zero-order valence-corrected chi connectivity index (χ0v) is 11.8. The third-order valence-corrected chi connectivity index (χ3v) is 4.84. The molecule has 1 aromatic heterocycles. The molecule has 0 fully saturated rings. The Morgan fingerprint density at radius 2 is 2.26 bits per heavy atom. The second-order valence-electron chi connectivity index (χ2n) is 5.13. The van der Waals surface area contributed by atoms with E-state index in [4.69, 9.17) is 0 Å². The molecule has 0 saturated heterocycles. The SMILES string of the molecule is Cc1csc(CNC2(CO)CCc3ccccc32)n1. The average molecular weight is 274 g/mol. The third kappa shape index (κ3) is 2.31. The van der Waals surface area contributed by atoms with Crippen LogP contribution in [0.3, 0.4) is 0 Å². The number of thiazole rings is 1. The number of hydrogen-bond acceptors (Lipinski definition) is 4. The Morgan fingerprint density at radius 1 is 1.42 bits per heavy atom. The van der Waals surface area contributed by atoms with Crippen LogP contribution in [0.25, 0.3) is 0 Å². The molecule has 0 aliphatic heterocycles. The molecule has 1 atom stereocenters. The Morgan fingerprint density at radius 3 is 3.00 bits per heavy atom. The summed E-state index contributed by atoms with van der Waals surface area (Å²) in [5.41, 5.74) is 3.35. The molecule has 0 spiro atoms. The van der Waals surface area contributed by atoms with Crippen molar-refractivity contribution >= 4 is 11.3 Å². The van der Waals surface area contributed by atoms with Gasteiger partial charge in [0.05, 0.1) is 12.1 Å². The minimum absolute atomic E-state index is 0.133. The molecular formula is C15H18N2OS. The Kier molecular flexibility index (Phi) is 3.39. The lowest BCUT2D eigenvalue weighted by atomic mass is 9.93. The van der Waals surface area contributed by atoms with E-state index in [0.717, 1.165) is 23.5 Å². The fourth-order valence-electron chi connectivity index (χ4n) is 2.82. The number of nitrogens with one attached hydrogen (secondary N) is 1. The number of aryl methyl sites for hydroxylation is 2. The summed E-state index contributed by atoms with van der Waals surface area (Å²) in [7, 11) is 0. The average Bonchev–Trinajstić information content (AvgIpc) is 3.01. The monoisotopic (exact) mass is 274 g/mol. The maximum atomic E-state index is 9.87. The van der Waals surface area contributed by atoms with E-state index < -0.39 is 0 Å². The fourth-order valence-corrected chi connectivity index (χ4v) is 3.53. The van der Waals surface area contributed by atoms with Crippen LogP contribution in [0.15, 0.2) is 29.6 Å². The fraction of sp³-hybridized carbons (Fsp3) is 0.400. The molecule has 2 N–H and O–H groups in total. The minimum atomic E-state index is -0.295. The van der Waals surface area contributed by atoms with Crippen LogP contribution >= 0.6 is 11.3 Å². The topological polar surface area (TPSA) is 45.1 Å². The Bertz CT molecular complexity index is 581. The highest BCUT2D eigenvalue weighted by molar-refractivity contribution is 7.09. The quantitative estimate of drug-likeness (QED) is 0.899. The van der Waals surface area contributed by atoms with Gasteiger partial charge in [-0.15, -0.1) is 11.3 Å². The standard InChI is InChI=1S/C15H18N2OS/c1-11-9-19-14(17-11)8-16-15(10-18)7-6-12-4-2-3-5-13(12)15/h2-5,9,16,18H,6-8,10H2,1H3. The first-order chi connectivity index (χ1) is 9.23. The van der Waals surface area contributed by atoms with Gasteiger partial charge in [0.15, 0.2) is 0 Å². The van der Waals surface area contributed by atoms with Gasteiger partial charge >= 0.3 is 0 Å². The van der Waals surface area contributed by atoms with E-state index >= 15 is 0 Å². The molecule has 0 bridgehead atoms. The number of aliphatic hydroxyl groups excluding tert-OH is 1. The van der Waals surface area contributed by atoms with E-state index in [2.05, 4.69) is 33.9 Å². The van der Waals surface area contributed by atoms with Gasteiger partial charge in [0.1, 0.15) is 5.01 Å². The zero-order valence-electron chi connectivity index (χ0n) is 11.0. The van der Waals surface area contributed by atoms with Gasteiger partial charge in [0, 0.05) is 17.6 Å². The summed E-state index contributed by atoms with van der Waals surface area (Å²) < 4.78 is 0. The number of benzene rings is 1. The molecular weight excluding hydrogens is 256 g/mol. The maximum Gasteiger partial charge on any atom is 0.107 e. The second-order valence-corrected chi connectivity index (χ2v) is 6.08. The van der Waals surface area contributed by atoms with E-state index in [0.29, 0.717) is 6.54 Å². The summed E-state index contributed by atoms with van der Waals surface area (Å²) in [6.45, 7) is 2.86. The van der Waals surface area contributed by atoms with E-state index in [1.807, 2.05) is 13.0 Å². The zero-order chi connectivity index (χ0) is 13.3. The van der Waals surface area contributed by atoms with Crippen molar-refractivity contribution in [2.75, 3.05) is 6.61 Å². The molecule has 2 aromatic rings. The van der Waals surface area contributed by atoms with Crippen molar-refractivity contribution in [3.8, 4) is 0 Å². The van der Waals surface area contributed by atoms with Gasteiger partial charge in [-0.2, -0.15) is 0 Å². The van der Waals surface area contributed by atoms with Gasteiger partial charge in [-0.3, -0.25) is 5.32 Å². The second kappa shape index (κ2) is 5.04. The number of rotatable bonds is 4. The minimum Gasteiger partial charge on any atom is -0.394 e. The predicted molar refractivity (Wildman–Crippen MR) is 77.2 cm³/mol. The molecule has 3 rings (SSSR count). The van der Waals surface area contributed by atoms with Crippen molar-refractivity contribution in [3.63, 3.8) is 0 Å². The van der Waals surface area contributed by atoms with Crippen molar-refractivity contribution in [1.82, 2.24) is 10.3 Å². The molecule has 0 amide bonds. The summed E-state index contributed by atoms with van der Waals surface area (Å²) >= 11 is 1.67. The number of hydrogen-bond donors (Lipinski definition) is 2. The van der Waals surface area contributed by atoms with Crippen LogP contribution in [0.4, 0.5) is 0 Å². The molecule has 1 heterocycles. The van der Waals surface area contributed by atoms with Crippen molar-refractivity contribution in [1.29, 1.82) is 0 Å². The molecule has 3 nitrogen and oxygen atoms in total. The molecule has 0 radical (unpaired) electrons. The van der Waals surface area contributed by atoms with Crippen molar-refractivity contribution in [2.24, 2.45) is 0 Å². The molecule has 1 aliphatic rings. The van der Waals surface area contributed by atoms with Gasteiger partial charge in [0.25, 0.3) is 0 Å². The van der Waals surface area contributed by atoms with Gasteiger partial charge in [-0.1, -0.05) is 24.3 Å². The van der Waals surface area contributed by atoms with E-state index in [-0.39, 0.29) is 12.1 Å². The van der Waals surface area contributed by atoms with Crippen LogP contribution in [0.1, 0.15) is 28.2 Å². The number of fused-ring (bicyclic) bond motifs is 1. The Hall–Kier alpha value is -1.23.